The minimum Gasteiger partial charge on any atom is -0.321 e. The number of aromatic nitrogens is 1. The van der Waals surface area contributed by atoms with Crippen molar-refractivity contribution in [3.05, 3.63) is 58.1 Å². The molecule has 92 valence electrons. The van der Waals surface area contributed by atoms with Crippen molar-refractivity contribution in [3.8, 4) is 0 Å². The number of amides is 1. The molecule has 0 saturated heterocycles. The van der Waals surface area contributed by atoms with Crippen LogP contribution in [0.4, 0.5) is 10.1 Å². The van der Waals surface area contributed by atoms with Gasteiger partial charge in [-0.25, -0.2) is 4.39 Å². The molecule has 0 unspecified atom stereocenters. The predicted octanol–water partition coefficient (Wildman–Crippen LogP) is 3.78. The second-order valence-electron chi connectivity index (χ2n) is 3.43. The van der Waals surface area contributed by atoms with Crippen LogP contribution in [-0.4, -0.2) is 10.9 Å². The second kappa shape index (κ2) is 5.33. The summed E-state index contributed by atoms with van der Waals surface area (Å²) in [5.41, 5.74) is 0.586. The molecule has 0 fully saturated rings. The molecule has 1 aromatic heterocycles. The first-order chi connectivity index (χ1) is 8.58. The maximum Gasteiger partial charge on any atom is 0.257 e. The van der Waals surface area contributed by atoms with Gasteiger partial charge < -0.3 is 5.32 Å². The lowest BCUT2D eigenvalue weighted by atomic mass is 10.2. The van der Waals surface area contributed by atoms with Crippen LogP contribution in [0.3, 0.4) is 0 Å². The summed E-state index contributed by atoms with van der Waals surface area (Å²) in [6.45, 7) is 0. The van der Waals surface area contributed by atoms with E-state index in [9.17, 15) is 9.18 Å². The summed E-state index contributed by atoms with van der Waals surface area (Å²) in [6, 6.07) is 5.18. The molecule has 3 nitrogen and oxygen atoms in total. The SMILES string of the molecule is O=C(Nc1ccc(F)cc1Cl)c1ccncc1Cl. The van der Waals surface area contributed by atoms with Gasteiger partial charge in [0.1, 0.15) is 5.82 Å². The molecule has 2 aromatic rings. The van der Waals surface area contributed by atoms with Crippen molar-refractivity contribution in [2.75, 3.05) is 5.32 Å². The van der Waals surface area contributed by atoms with E-state index >= 15 is 0 Å². The van der Waals surface area contributed by atoms with Crippen LogP contribution in [0.25, 0.3) is 0 Å². The molecule has 1 N–H and O–H groups in total. The highest BCUT2D eigenvalue weighted by molar-refractivity contribution is 6.35. The summed E-state index contributed by atoms with van der Waals surface area (Å²) in [5, 5.41) is 2.89. The molecule has 1 heterocycles. The van der Waals surface area contributed by atoms with Gasteiger partial charge in [-0.1, -0.05) is 23.2 Å². The number of nitrogens with one attached hydrogen (secondary N) is 1. The molecule has 0 bridgehead atoms. The molecule has 0 aliphatic rings. The summed E-state index contributed by atoms with van der Waals surface area (Å²) in [6.07, 6.45) is 2.82. The first-order valence-electron chi connectivity index (χ1n) is 4.94. The van der Waals surface area contributed by atoms with Crippen LogP contribution in [0, 0.1) is 5.82 Å². The zero-order valence-electron chi connectivity index (χ0n) is 8.95. The van der Waals surface area contributed by atoms with Crippen molar-refractivity contribution in [1.29, 1.82) is 0 Å². The number of hydrogen-bond donors (Lipinski definition) is 1. The third-order valence-corrected chi connectivity index (χ3v) is 2.81. The quantitative estimate of drug-likeness (QED) is 0.912. The summed E-state index contributed by atoms with van der Waals surface area (Å²) in [7, 11) is 0. The first-order valence-corrected chi connectivity index (χ1v) is 5.69. The van der Waals surface area contributed by atoms with Crippen LogP contribution in [0.1, 0.15) is 10.4 Å². The Morgan fingerprint density at radius 3 is 2.67 bits per heavy atom. The lowest BCUT2D eigenvalue weighted by Gasteiger charge is -2.08. The third kappa shape index (κ3) is 2.78. The highest BCUT2D eigenvalue weighted by Crippen LogP contribution is 2.24. The molecular weight excluding hydrogens is 278 g/mol. The zero-order chi connectivity index (χ0) is 13.1. The van der Waals surface area contributed by atoms with Crippen LogP contribution in [0.15, 0.2) is 36.7 Å². The van der Waals surface area contributed by atoms with Crippen molar-refractivity contribution >= 4 is 34.8 Å². The number of benzene rings is 1. The van der Waals surface area contributed by atoms with Crippen LogP contribution in [0.5, 0.6) is 0 Å². The Hall–Kier alpha value is -1.65. The molecule has 0 saturated carbocycles. The Kier molecular flexibility index (Phi) is 3.79. The Bertz CT molecular complexity index is 604. The Morgan fingerprint density at radius 1 is 1.22 bits per heavy atom. The van der Waals surface area contributed by atoms with E-state index in [0.29, 0.717) is 5.69 Å². The van der Waals surface area contributed by atoms with Gasteiger partial charge in [0.15, 0.2) is 0 Å². The first kappa shape index (κ1) is 12.8. The highest BCUT2D eigenvalue weighted by Gasteiger charge is 2.12. The summed E-state index contributed by atoms with van der Waals surface area (Å²) in [4.78, 5) is 15.7. The van der Waals surface area contributed by atoms with Gasteiger partial charge in [0, 0.05) is 12.4 Å². The molecule has 0 aliphatic heterocycles. The molecule has 2 rings (SSSR count). The van der Waals surface area contributed by atoms with E-state index in [0.717, 1.165) is 6.07 Å². The lowest BCUT2D eigenvalue weighted by molar-refractivity contribution is 0.102. The minimum atomic E-state index is -0.472. The van der Waals surface area contributed by atoms with Crippen LogP contribution in [0.2, 0.25) is 10.0 Å². The van der Waals surface area contributed by atoms with Crippen LogP contribution >= 0.6 is 23.2 Å². The van der Waals surface area contributed by atoms with Crippen LogP contribution in [-0.2, 0) is 0 Å². The van der Waals surface area contributed by atoms with Gasteiger partial charge in [0.25, 0.3) is 5.91 Å². The number of nitrogens with zero attached hydrogens (tertiary/aromatic N) is 1. The molecular formula is C12H7Cl2FN2O. The largest absolute Gasteiger partial charge is 0.321 e. The van der Waals surface area contributed by atoms with Gasteiger partial charge in [-0.3, -0.25) is 9.78 Å². The monoisotopic (exact) mass is 284 g/mol. The molecule has 6 heteroatoms. The Balaban J connectivity index is 2.24. The molecule has 1 amide bonds. The fourth-order valence-electron chi connectivity index (χ4n) is 1.34. The van der Waals surface area contributed by atoms with Crippen molar-refractivity contribution in [2.45, 2.75) is 0 Å². The average Bonchev–Trinajstić information content (AvgIpc) is 2.33. The minimum absolute atomic E-state index is 0.119. The maximum absolute atomic E-state index is 12.8. The standard InChI is InChI=1S/C12H7Cl2FN2O/c13-9-5-7(15)1-2-11(9)17-12(18)8-3-4-16-6-10(8)14/h1-6H,(H,17,18). The lowest BCUT2D eigenvalue weighted by Crippen LogP contribution is -2.12. The summed E-state index contributed by atoms with van der Waals surface area (Å²) >= 11 is 11.6. The molecule has 0 aliphatic carbocycles. The fraction of sp³-hybridized carbons (Fsp3) is 0. The number of hydrogen-bond acceptors (Lipinski definition) is 2. The number of carbonyl (C=O) groups excluding carboxylic acids is 1. The van der Waals surface area contributed by atoms with Crippen molar-refractivity contribution in [2.24, 2.45) is 0 Å². The molecule has 0 radical (unpaired) electrons. The van der Waals surface area contributed by atoms with E-state index in [2.05, 4.69) is 10.3 Å². The number of anilines is 1. The van der Waals surface area contributed by atoms with Gasteiger partial charge in [-0.05, 0) is 24.3 Å². The third-order valence-electron chi connectivity index (χ3n) is 2.20. The summed E-state index contributed by atoms with van der Waals surface area (Å²) < 4.78 is 12.8. The van der Waals surface area contributed by atoms with Crippen LogP contribution < -0.4 is 5.32 Å². The fourth-order valence-corrected chi connectivity index (χ4v) is 1.76. The topological polar surface area (TPSA) is 42.0 Å². The maximum atomic E-state index is 12.8. The molecule has 0 atom stereocenters. The number of carbonyl (C=O) groups is 1. The summed E-state index contributed by atoms with van der Waals surface area (Å²) in [5.74, 6) is -0.907. The normalized spacial score (nSPS) is 10.2. The molecule has 1 aromatic carbocycles. The van der Waals surface area contributed by atoms with Gasteiger partial charge in [0.2, 0.25) is 0 Å². The average molecular weight is 285 g/mol. The number of halogens is 3. The Labute approximate surface area is 113 Å². The Morgan fingerprint density at radius 2 is 2.00 bits per heavy atom. The highest BCUT2D eigenvalue weighted by atomic mass is 35.5. The zero-order valence-corrected chi connectivity index (χ0v) is 10.5. The van der Waals surface area contributed by atoms with E-state index in [-0.39, 0.29) is 15.6 Å². The van der Waals surface area contributed by atoms with Gasteiger partial charge >= 0.3 is 0 Å². The van der Waals surface area contributed by atoms with Crippen molar-refractivity contribution < 1.29 is 9.18 Å². The van der Waals surface area contributed by atoms with Crippen molar-refractivity contribution in [1.82, 2.24) is 4.98 Å². The van der Waals surface area contributed by atoms with E-state index < -0.39 is 11.7 Å². The van der Waals surface area contributed by atoms with Gasteiger partial charge in [-0.15, -0.1) is 0 Å². The van der Waals surface area contributed by atoms with E-state index in [1.165, 1.54) is 30.6 Å². The second-order valence-corrected chi connectivity index (χ2v) is 4.25. The van der Waals surface area contributed by atoms with E-state index in [4.69, 9.17) is 23.2 Å². The van der Waals surface area contributed by atoms with Crippen molar-refractivity contribution in [3.63, 3.8) is 0 Å². The van der Waals surface area contributed by atoms with E-state index in [1.807, 2.05) is 0 Å². The molecule has 18 heavy (non-hydrogen) atoms. The predicted molar refractivity (Wildman–Crippen MR) is 68.6 cm³/mol. The number of pyridine rings is 1. The molecule has 0 spiro atoms. The van der Waals surface area contributed by atoms with Gasteiger partial charge in [-0.2, -0.15) is 0 Å². The van der Waals surface area contributed by atoms with E-state index in [1.54, 1.807) is 0 Å². The number of rotatable bonds is 2. The van der Waals surface area contributed by atoms with Gasteiger partial charge in [0.05, 0.1) is 21.3 Å². The smallest absolute Gasteiger partial charge is 0.257 e.